The Balaban J connectivity index is 0.00000243. The lowest BCUT2D eigenvalue weighted by Crippen LogP contribution is -2.36. The van der Waals surface area contributed by atoms with Gasteiger partial charge < -0.3 is 15.4 Å². The van der Waals surface area contributed by atoms with E-state index in [-0.39, 0.29) is 24.0 Å². The molecule has 0 spiro atoms. The number of ether oxygens (including phenoxy) is 1. The number of thiophene rings is 1. The molecule has 2 N–H and O–H groups in total. The maximum Gasteiger partial charge on any atom is 0.213 e. The number of aliphatic imine (C=N–C) groups is 1. The van der Waals surface area contributed by atoms with Crippen molar-refractivity contribution in [2.24, 2.45) is 4.99 Å². The average Bonchev–Trinajstić information content (AvgIpc) is 3.32. The van der Waals surface area contributed by atoms with Crippen molar-refractivity contribution in [2.75, 3.05) is 6.54 Å². The van der Waals surface area contributed by atoms with Crippen molar-refractivity contribution in [3.8, 4) is 5.88 Å². The Morgan fingerprint density at radius 3 is 2.73 bits per heavy atom. The minimum absolute atomic E-state index is 0. The first kappa shape index (κ1) is 21.0. The molecular formula is C19H27IN4OS. The molecule has 0 unspecified atom stereocenters. The maximum atomic E-state index is 5.91. The first-order valence-corrected chi connectivity index (χ1v) is 9.92. The minimum atomic E-state index is 0. The van der Waals surface area contributed by atoms with Gasteiger partial charge in [-0.2, -0.15) is 11.3 Å². The lowest BCUT2D eigenvalue weighted by atomic mass is 10.3. The molecule has 142 valence electrons. The molecule has 7 heteroatoms. The van der Waals surface area contributed by atoms with E-state index >= 15 is 0 Å². The van der Waals surface area contributed by atoms with E-state index in [1.165, 1.54) is 18.4 Å². The third-order valence-electron chi connectivity index (χ3n) is 4.19. The van der Waals surface area contributed by atoms with Crippen LogP contribution in [-0.2, 0) is 13.1 Å². The van der Waals surface area contributed by atoms with E-state index in [0.29, 0.717) is 19.2 Å². The fourth-order valence-electron chi connectivity index (χ4n) is 2.84. The van der Waals surface area contributed by atoms with Crippen molar-refractivity contribution in [1.82, 2.24) is 15.6 Å². The summed E-state index contributed by atoms with van der Waals surface area (Å²) in [5, 5.41) is 10.8. The molecule has 1 fully saturated rings. The number of hydrogen-bond acceptors (Lipinski definition) is 4. The van der Waals surface area contributed by atoms with E-state index in [0.717, 1.165) is 36.8 Å². The lowest BCUT2D eigenvalue weighted by Gasteiger charge is -2.13. The smallest absolute Gasteiger partial charge is 0.213 e. The van der Waals surface area contributed by atoms with Gasteiger partial charge in [0.15, 0.2) is 5.96 Å². The van der Waals surface area contributed by atoms with Gasteiger partial charge in [-0.15, -0.1) is 24.0 Å². The highest BCUT2D eigenvalue weighted by Gasteiger charge is 2.16. The molecule has 0 saturated heterocycles. The van der Waals surface area contributed by atoms with Gasteiger partial charge in [-0.1, -0.05) is 6.07 Å². The second kappa shape index (κ2) is 11.4. The fourth-order valence-corrected chi connectivity index (χ4v) is 3.50. The van der Waals surface area contributed by atoms with Gasteiger partial charge in [0, 0.05) is 25.4 Å². The molecular weight excluding hydrogens is 459 g/mol. The van der Waals surface area contributed by atoms with Gasteiger partial charge in [0.25, 0.3) is 0 Å². The monoisotopic (exact) mass is 486 g/mol. The number of nitrogens with one attached hydrogen (secondary N) is 2. The highest BCUT2D eigenvalue weighted by atomic mass is 127. The van der Waals surface area contributed by atoms with E-state index in [1.807, 2.05) is 12.3 Å². The van der Waals surface area contributed by atoms with Crippen molar-refractivity contribution >= 4 is 41.3 Å². The zero-order valence-corrected chi connectivity index (χ0v) is 18.3. The number of guanidine groups is 1. The first-order valence-electron chi connectivity index (χ1n) is 8.98. The molecule has 0 bridgehead atoms. The number of hydrogen-bond donors (Lipinski definition) is 2. The molecule has 3 rings (SSSR count). The quantitative estimate of drug-likeness (QED) is 0.348. The second-order valence-electron chi connectivity index (χ2n) is 6.21. The zero-order valence-electron chi connectivity index (χ0n) is 15.1. The van der Waals surface area contributed by atoms with Gasteiger partial charge in [-0.05, 0) is 60.6 Å². The zero-order chi connectivity index (χ0) is 17.3. The lowest BCUT2D eigenvalue weighted by molar-refractivity contribution is 0.201. The summed E-state index contributed by atoms with van der Waals surface area (Å²) < 4.78 is 5.91. The fraction of sp³-hybridized carbons (Fsp3) is 0.474. The van der Waals surface area contributed by atoms with Crippen molar-refractivity contribution in [1.29, 1.82) is 0 Å². The molecule has 5 nitrogen and oxygen atoms in total. The van der Waals surface area contributed by atoms with Crippen LogP contribution in [0.3, 0.4) is 0 Å². The van der Waals surface area contributed by atoms with Crippen LogP contribution < -0.4 is 15.4 Å². The van der Waals surface area contributed by atoms with Crippen LogP contribution >= 0.6 is 35.3 Å². The predicted octanol–water partition coefficient (Wildman–Crippen LogP) is 4.34. The van der Waals surface area contributed by atoms with Crippen molar-refractivity contribution in [3.63, 3.8) is 0 Å². The van der Waals surface area contributed by atoms with Crippen molar-refractivity contribution in [3.05, 3.63) is 46.3 Å². The van der Waals surface area contributed by atoms with Crippen LogP contribution in [0.5, 0.6) is 5.88 Å². The van der Waals surface area contributed by atoms with Crippen LogP contribution in [0.2, 0.25) is 0 Å². The molecule has 0 aliphatic heterocycles. The van der Waals surface area contributed by atoms with E-state index in [2.05, 4.69) is 50.4 Å². The third-order valence-corrected chi connectivity index (χ3v) is 4.92. The maximum absolute atomic E-state index is 5.91. The summed E-state index contributed by atoms with van der Waals surface area (Å²) in [7, 11) is 0. The summed E-state index contributed by atoms with van der Waals surface area (Å²) in [4.78, 5) is 9.04. The average molecular weight is 486 g/mol. The molecule has 2 aromatic heterocycles. The highest BCUT2D eigenvalue weighted by molar-refractivity contribution is 14.0. The molecule has 0 amide bonds. The van der Waals surface area contributed by atoms with Crippen LogP contribution in [0.4, 0.5) is 0 Å². The van der Waals surface area contributed by atoms with Crippen LogP contribution in [0.25, 0.3) is 0 Å². The summed E-state index contributed by atoms with van der Waals surface area (Å²) in [5.74, 6) is 1.55. The predicted molar refractivity (Wildman–Crippen MR) is 119 cm³/mol. The number of pyridine rings is 1. The SMILES string of the molecule is CCNC(=NCc1ccsc1)NCc1ccc(OC2CCCC2)nc1.I. The molecule has 0 radical (unpaired) electrons. The Morgan fingerprint density at radius 1 is 1.23 bits per heavy atom. The molecule has 26 heavy (non-hydrogen) atoms. The standard InChI is InChI=1S/C19H26N4OS.HI/c1-2-20-19(23-13-16-9-10-25-14-16)22-12-15-7-8-18(21-11-15)24-17-5-3-4-6-17;/h7-11,14,17H,2-6,12-13H2,1H3,(H2,20,22,23);1H. The summed E-state index contributed by atoms with van der Waals surface area (Å²) in [6.07, 6.45) is 7.06. The van der Waals surface area contributed by atoms with Gasteiger partial charge in [0.1, 0.15) is 6.10 Å². The minimum Gasteiger partial charge on any atom is -0.474 e. The topological polar surface area (TPSA) is 58.5 Å². The van der Waals surface area contributed by atoms with Crippen LogP contribution in [0, 0.1) is 0 Å². The van der Waals surface area contributed by atoms with E-state index in [4.69, 9.17) is 4.74 Å². The molecule has 1 saturated carbocycles. The summed E-state index contributed by atoms with van der Waals surface area (Å²) >= 11 is 1.70. The van der Waals surface area contributed by atoms with E-state index in [9.17, 15) is 0 Å². The molecule has 2 aromatic rings. The molecule has 0 aromatic carbocycles. The Labute approximate surface area is 176 Å². The molecule has 2 heterocycles. The van der Waals surface area contributed by atoms with E-state index < -0.39 is 0 Å². The van der Waals surface area contributed by atoms with Gasteiger partial charge in [0.05, 0.1) is 6.54 Å². The van der Waals surface area contributed by atoms with Gasteiger partial charge in [-0.25, -0.2) is 9.98 Å². The number of aromatic nitrogens is 1. The van der Waals surface area contributed by atoms with E-state index in [1.54, 1.807) is 11.3 Å². The third kappa shape index (κ3) is 6.75. The van der Waals surface area contributed by atoms with Gasteiger partial charge >= 0.3 is 0 Å². The van der Waals surface area contributed by atoms with Crippen LogP contribution in [0.1, 0.15) is 43.7 Å². The Kier molecular flexibility index (Phi) is 9.17. The number of nitrogens with zero attached hydrogens (tertiary/aromatic N) is 2. The van der Waals surface area contributed by atoms with Crippen LogP contribution in [-0.4, -0.2) is 23.6 Å². The summed E-state index contributed by atoms with van der Waals surface area (Å²) in [6, 6.07) is 6.13. The first-order chi connectivity index (χ1) is 12.3. The van der Waals surface area contributed by atoms with Gasteiger partial charge in [0.2, 0.25) is 5.88 Å². The number of rotatable bonds is 7. The molecule has 0 atom stereocenters. The number of halogens is 1. The largest absolute Gasteiger partial charge is 0.474 e. The Morgan fingerprint density at radius 2 is 2.08 bits per heavy atom. The summed E-state index contributed by atoms with van der Waals surface area (Å²) in [6.45, 7) is 4.28. The highest BCUT2D eigenvalue weighted by Crippen LogP contribution is 2.22. The Bertz CT molecular complexity index is 655. The Hall–Kier alpha value is -1.35. The molecule has 1 aliphatic carbocycles. The normalized spacial score (nSPS) is 14.7. The molecule has 1 aliphatic rings. The summed E-state index contributed by atoms with van der Waals surface area (Å²) in [5.41, 5.74) is 2.34. The van der Waals surface area contributed by atoms with Gasteiger partial charge in [-0.3, -0.25) is 0 Å². The van der Waals surface area contributed by atoms with Crippen molar-refractivity contribution < 1.29 is 4.74 Å². The second-order valence-corrected chi connectivity index (χ2v) is 6.99. The van der Waals surface area contributed by atoms with Crippen LogP contribution in [0.15, 0.2) is 40.1 Å². The van der Waals surface area contributed by atoms with Crippen molar-refractivity contribution in [2.45, 2.75) is 51.8 Å².